The normalized spacial score (nSPS) is 23.8. The molecule has 2 aromatic rings. The molecule has 3 rings (SSSR count). The summed E-state index contributed by atoms with van der Waals surface area (Å²) in [7, 11) is 7.45. The van der Waals surface area contributed by atoms with E-state index in [0.717, 1.165) is 54.0 Å². The van der Waals surface area contributed by atoms with Crippen molar-refractivity contribution < 1.29 is 14.6 Å². The zero-order chi connectivity index (χ0) is 20.1. The predicted octanol–water partition coefficient (Wildman–Crippen LogP) is 4.34. The lowest BCUT2D eigenvalue weighted by Crippen LogP contribution is -2.44. The van der Waals surface area contributed by atoms with Crippen LogP contribution < -0.4 is 9.47 Å². The van der Waals surface area contributed by atoms with E-state index in [9.17, 15) is 5.11 Å². The molecule has 0 heterocycles. The van der Waals surface area contributed by atoms with E-state index >= 15 is 0 Å². The minimum Gasteiger partial charge on any atom is -0.497 e. The highest BCUT2D eigenvalue weighted by Crippen LogP contribution is 2.49. The molecule has 4 nitrogen and oxygen atoms in total. The summed E-state index contributed by atoms with van der Waals surface area (Å²) in [5.41, 5.74) is 1.90. The highest BCUT2D eigenvalue weighted by molar-refractivity contribution is 5.59. The van der Waals surface area contributed by atoms with Crippen molar-refractivity contribution in [3.05, 3.63) is 65.2 Å². The molecule has 1 aliphatic rings. The third-order valence-electron chi connectivity index (χ3n) is 5.64. The Morgan fingerprint density at radius 2 is 1.79 bits per heavy atom. The standard InChI is InChI=1S/C24H31NO3/c1-25(2)17-20-9-7-8-19(16-18-12-14-21(27-3)15-13-18)24(20,26)22-10-5-6-11-23(22)28-4/h5-6,10-16,20,26H,7-9,17H2,1-4H3/b19-16+. The van der Waals surface area contributed by atoms with E-state index < -0.39 is 5.60 Å². The first-order valence-electron chi connectivity index (χ1n) is 9.84. The van der Waals surface area contributed by atoms with Crippen LogP contribution in [0.4, 0.5) is 0 Å². The zero-order valence-electron chi connectivity index (χ0n) is 17.3. The molecule has 2 aromatic carbocycles. The number of methoxy groups -OCH3 is 2. The summed E-state index contributed by atoms with van der Waals surface area (Å²) in [5, 5.41) is 12.2. The van der Waals surface area contributed by atoms with Gasteiger partial charge < -0.3 is 19.5 Å². The summed E-state index contributed by atoms with van der Waals surface area (Å²) in [6.45, 7) is 0.814. The van der Waals surface area contributed by atoms with E-state index in [1.807, 2.05) is 48.5 Å². The van der Waals surface area contributed by atoms with Crippen LogP contribution in [0.25, 0.3) is 6.08 Å². The maximum atomic E-state index is 12.2. The fraction of sp³-hybridized carbons (Fsp3) is 0.417. The second-order valence-corrected chi connectivity index (χ2v) is 7.76. The van der Waals surface area contributed by atoms with Gasteiger partial charge in [-0.15, -0.1) is 0 Å². The first-order chi connectivity index (χ1) is 13.5. The maximum Gasteiger partial charge on any atom is 0.125 e. The summed E-state index contributed by atoms with van der Waals surface area (Å²) >= 11 is 0. The Morgan fingerprint density at radius 1 is 1.07 bits per heavy atom. The van der Waals surface area contributed by atoms with Crippen LogP contribution in [0, 0.1) is 5.92 Å². The van der Waals surface area contributed by atoms with Gasteiger partial charge in [-0.05, 0) is 62.7 Å². The monoisotopic (exact) mass is 381 g/mol. The Balaban J connectivity index is 2.11. The third-order valence-corrected chi connectivity index (χ3v) is 5.64. The Hall–Kier alpha value is -2.30. The topological polar surface area (TPSA) is 41.9 Å². The third kappa shape index (κ3) is 4.08. The Bertz CT molecular complexity index is 813. The van der Waals surface area contributed by atoms with Crippen LogP contribution in [0.2, 0.25) is 0 Å². The lowest BCUT2D eigenvalue weighted by molar-refractivity contribution is -0.0190. The molecule has 4 heteroatoms. The number of hydrogen-bond acceptors (Lipinski definition) is 4. The fourth-order valence-electron chi connectivity index (χ4n) is 4.30. The predicted molar refractivity (Wildman–Crippen MR) is 114 cm³/mol. The Kier molecular flexibility index (Phi) is 6.42. The van der Waals surface area contributed by atoms with E-state index in [-0.39, 0.29) is 5.92 Å². The first-order valence-corrected chi connectivity index (χ1v) is 9.84. The van der Waals surface area contributed by atoms with Crippen molar-refractivity contribution in [1.29, 1.82) is 0 Å². The maximum absolute atomic E-state index is 12.2. The molecule has 0 aromatic heterocycles. The van der Waals surface area contributed by atoms with Crippen molar-refractivity contribution in [3.63, 3.8) is 0 Å². The molecule has 0 radical (unpaired) electrons. The molecule has 0 saturated heterocycles. The Labute approximate surface area is 168 Å². The highest BCUT2D eigenvalue weighted by atomic mass is 16.5. The lowest BCUT2D eigenvalue weighted by Gasteiger charge is -2.44. The molecule has 2 atom stereocenters. The Morgan fingerprint density at radius 3 is 2.43 bits per heavy atom. The number of nitrogens with zero attached hydrogens (tertiary/aromatic N) is 1. The number of hydrogen-bond donors (Lipinski definition) is 1. The molecular formula is C24H31NO3. The van der Waals surface area contributed by atoms with Gasteiger partial charge in [-0.1, -0.05) is 36.4 Å². The van der Waals surface area contributed by atoms with Crippen LogP contribution >= 0.6 is 0 Å². The van der Waals surface area contributed by atoms with E-state index in [2.05, 4.69) is 25.1 Å². The molecule has 150 valence electrons. The van der Waals surface area contributed by atoms with Gasteiger partial charge in [0, 0.05) is 18.0 Å². The molecule has 28 heavy (non-hydrogen) atoms. The second kappa shape index (κ2) is 8.80. The SMILES string of the molecule is COc1ccc(/C=C2\CCCC(CN(C)C)C2(O)c2ccccc2OC)cc1. The summed E-state index contributed by atoms with van der Waals surface area (Å²) in [4.78, 5) is 2.15. The largest absolute Gasteiger partial charge is 0.497 e. The van der Waals surface area contributed by atoms with Gasteiger partial charge in [0.1, 0.15) is 17.1 Å². The highest BCUT2D eigenvalue weighted by Gasteiger charge is 2.45. The minimum absolute atomic E-state index is 0.0945. The van der Waals surface area contributed by atoms with Crippen LogP contribution in [-0.4, -0.2) is 44.9 Å². The summed E-state index contributed by atoms with van der Waals surface area (Å²) in [5.74, 6) is 1.66. The summed E-state index contributed by atoms with van der Waals surface area (Å²) in [6.07, 6.45) is 5.04. The van der Waals surface area contributed by atoms with Gasteiger partial charge in [0.2, 0.25) is 0 Å². The van der Waals surface area contributed by atoms with Crippen molar-refractivity contribution in [2.24, 2.45) is 5.92 Å². The van der Waals surface area contributed by atoms with Gasteiger partial charge in [-0.25, -0.2) is 0 Å². The van der Waals surface area contributed by atoms with Gasteiger partial charge in [0.15, 0.2) is 0 Å². The first kappa shape index (κ1) is 20.4. The van der Waals surface area contributed by atoms with Crippen molar-refractivity contribution in [2.45, 2.75) is 24.9 Å². The molecule has 0 amide bonds. The van der Waals surface area contributed by atoms with Crippen molar-refractivity contribution in [2.75, 3.05) is 34.9 Å². The van der Waals surface area contributed by atoms with Gasteiger partial charge in [-0.2, -0.15) is 0 Å². The van der Waals surface area contributed by atoms with E-state index in [1.165, 1.54) is 0 Å². The van der Waals surface area contributed by atoms with Gasteiger partial charge in [-0.3, -0.25) is 0 Å². The summed E-state index contributed by atoms with van der Waals surface area (Å²) in [6, 6.07) is 15.8. The van der Waals surface area contributed by atoms with Crippen LogP contribution in [0.15, 0.2) is 54.1 Å². The average molecular weight is 382 g/mol. The van der Waals surface area contributed by atoms with Crippen LogP contribution in [0.5, 0.6) is 11.5 Å². The summed E-state index contributed by atoms with van der Waals surface area (Å²) < 4.78 is 10.9. The minimum atomic E-state index is -1.06. The van der Waals surface area contributed by atoms with Gasteiger partial charge in [0.25, 0.3) is 0 Å². The second-order valence-electron chi connectivity index (χ2n) is 7.76. The zero-order valence-corrected chi connectivity index (χ0v) is 17.3. The van der Waals surface area contributed by atoms with Crippen LogP contribution in [0.1, 0.15) is 30.4 Å². The van der Waals surface area contributed by atoms with Crippen molar-refractivity contribution >= 4 is 6.08 Å². The number of aliphatic hydroxyl groups is 1. The molecule has 1 saturated carbocycles. The van der Waals surface area contributed by atoms with Gasteiger partial charge in [0.05, 0.1) is 14.2 Å². The number of benzene rings is 2. The van der Waals surface area contributed by atoms with Crippen molar-refractivity contribution in [1.82, 2.24) is 4.90 Å². The smallest absolute Gasteiger partial charge is 0.125 e. The molecule has 1 N–H and O–H groups in total. The number of para-hydroxylation sites is 1. The molecule has 0 aliphatic heterocycles. The van der Waals surface area contributed by atoms with Gasteiger partial charge >= 0.3 is 0 Å². The average Bonchev–Trinajstić information content (AvgIpc) is 2.71. The molecule has 0 spiro atoms. The van der Waals surface area contributed by atoms with Crippen molar-refractivity contribution in [3.8, 4) is 11.5 Å². The lowest BCUT2D eigenvalue weighted by atomic mass is 9.67. The molecule has 1 aliphatic carbocycles. The fourth-order valence-corrected chi connectivity index (χ4v) is 4.30. The number of ether oxygens (including phenoxy) is 2. The van der Waals surface area contributed by atoms with E-state index in [4.69, 9.17) is 9.47 Å². The van der Waals surface area contributed by atoms with E-state index in [0.29, 0.717) is 0 Å². The van der Waals surface area contributed by atoms with Crippen LogP contribution in [0.3, 0.4) is 0 Å². The molecule has 0 bridgehead atoms. The van der Waals surface area contributed by atoms with E-state index in [1.54, 1.807) is 14.2 Å². The quantitative estimate of drug-likeness (QED) is 0.808. The molecule has 2 unspecified atom stereocenters. The number of rotatable bonds is 6. The van der Waals surface area contributed by atoms with Crippen LogP contribution in [-0.2, 0) is 5.60 Å². The molecule has 1 fully saturated rings. The molecular weight excluding hydrogens is 350 g/mol.